The summed E-state index contributed by atoms with van der Waals surface area (Å²) >= 11 is 0. The number of piperazine rings is 1. The molecule has 0 bridgehead atoms. The van der Waals surface area contributed by atoms with Crippen LogP contribution in [0, 0.1) is 0 Å². The van der Waals surface area contributed by atoms with Crippen molar-refractivity contribution in [3.8, 4) is 11.1 Å². The fraction of sp³-hybridized carbons (Fsp3) is 0.269. The summed E-state index contributed by atoms with van der Waals surface area (Å²) in [5.74, 6) is 0.974. The van der Waals surface area contributed by atoms with Crippen LogP contribution in [0.2, 0.25) is 0 Å². The predicted molar refractivity (Wildman–Crippen MR) is 139 cm³/mol. The summed E-state index contributed by atoms with van der Waals surface area (Å²) in [7, 11) is 6.09. The third-order valence-electron chi connectivity index (χ3n) is 6.24. The van der Waals surface area contributed by atoms with Gasteiger partial charge in [0.2, 0.25) is 0 Å². The van der Waals surface area contributed by atoms with Gasteiger partial charge in [-0.05, 0) is 49.0 Å². The number of rotatable bonds is 5. The lowest BCUT2D eigenvalue weighted by Crippen LogP contribution is -2.44. The molecule has 1 aliphatic rings. The van der Waals surface area contributed by atoms with Gasteiger partial charge in [-0.25, -0.2) is 4.98 Å². The minimum absolute atomic E-state index is 0.240. The molecule has 0 unspecified atom stereocenters. The number of nitrogens with one attached hydrogen (secondary N) is 1. The highest BCUT2D eigenvalue weighted by atomic mass is 16.1. The number of hydrogen-bond acceptors (Lipinski definition) is 8. The molecule has 1 fully saturated rings. The van der Waals surface area contributed by atoms with Gasteiger partial charge in [-0.3, -0.25) is 9.78 Å². The molecule has 5 rings (SSSR count). The van der Waals surface area contributed by atoms with Crippen LogP contribution in [0.15, 0.2) is 61.1 Å². The first kappa shape index (κ1) is 22.7. The lowest BCUT2D eigenvalue weighted by Gasteiger charge is -2.33. The maximum atomic E-state index is 13.0. The van der Waals surface area contributed by atoms with Crippen molar-refractivity contribution in [2.45, 2.75) is 0 Å². The van der Waals surface area contributed by atoms with E-state index in [0.29, 0.717) is 11.4 Å². The summed E-state index contributed by atoms with van der Waals surface area (Å²) in [4.78, 5) is 28.3. The first-order chi connectivity index (χ1) is 17.0. The summed E-state index contributed by atoms with van der Waals surface area (Å²) < 4.78 is 0. The molecule has 0 radical (unpaired) electrons. The topological polar surface area (TPSA) is 90.4 Å². The van der Waals surface area contributed by atoms with Gasteiger partial charge in [-0.15, -0.1) is 10.2 Å². The highest BCUT2D eigenvalue weighted by Gasteiger charge is 2.17. The average molecular weight is 469 g/mol. The number of carbonyl (C=O) groups excluding carboxylic acids is 1. The number of benzene rings is 1. The summed E-state index contributed by atoms with van der Waals surface area (Å²) in [5.41, 5.74) is 4.34. The monoisotopic (exact) mass is 468 g/mol. The SMILES string of the molecule is CN1CCN(c2cc(C(=O)Nc3cc4cc(-c5cncc(N(C)C)c5)ccc4nn3)ccn2)CC1. The Kier molecular flexibility index (Phi) is 6.24. The molecule has 9 nitrogen and oxygen atoms in total. The van der Waals surface area contributed by atoms with Gasteiger partial charge in [-0.1, -0.05) is 6.07 Å². The van der Waals surface area contributed by atoms with Crippen molar-refractivity contribution in [2.24, 2.45) is 0 Å². The number of fused-ring (bicyclic) bond motifs is 1. The smallest absolute Gasteiger partial charge is 0.257 e. The molecule has 0 saturated carbocycles. The number of amides is 1. The first-order valence-corrected chi connectivity index (χ1v) is 11.6. The zero-order valence-corrected chi connectivity index (χ0v) is 20.1. The third kappa shape index (κ3) is 5.04. The Morgan fingerprint density at radius 1 is 0.943 bits per heavy atom. The van der Waals surface area contributed by atoms with E-state index in [0.717, 1.165) is 59.7 Å². The van der Waals surface area contributed by atoms with Crippen molar-refractivity contribution >= 4 is 34.1 Å². The van der Waals surface area contributed by atoms with Crippen LogP contribution in [0.3, 0.4) is 0 Å². The molecule has 178 valence electrons. The van der Waals surface area contributed by atoms with Gasteiger partial charge in [0.1, 0.15) is 5.82 Å². The second-order valence-corrected chi connectivity index (χ2v) is 8.98. The molecule has 9 heteroatoms. The van der Waals surface area contributed by atoms with Crippen LogP contribution in [-0.2, 0) is 0 Å². The Morgan fingerprint density at radius 3 is 2.57 bits per heavy atom. The van der Waals surface area contributed by atoms with E-state index in [4.69, 9.17) is 0 Å². The van der Waals surface area contributed by atoms with Gasteiger partial charge in [0.25, 0.3) is 5.91 Å². The zero-order valence-electron chi connectivity index (χ0n) is 20.1. The number of likely N-dealkylation sites (N-methyl/N-ethyl adjacent to an activating group) is 1. The molecule has 1 saturated heterocycles. The van der Waals surface area contributed by atoms with Crippen molar-refractivity contribution in [1.82, 2.24) is 25.1 Å². The molecule has 0 atom stereocenters. The molecule has 3 aromatic heterocycles. The number of nitrogens with zero attached hydrogens (tertiary/aromatic N) is 7. The molecule has 35 heavy (non-hydrogen) atoms. The highest BCUT2D eigenvalue weighted by Crippen LogP contribution is 2.26. The molecule has 4 aromatic rings. The van der Waals surface area contributed by atoms with Crippen LogP contribution in [0.5, 0.6) is 0 Å². The summed E-state index contributed by atoms with van der Waals surface area (Å²) in [5, 5.41) is 12.3. The number of anilines is 3. The van der Waals surface area contributed by atoms with Crippen molar-refractivity contribution in [2.75, 3.05) is 62.4 Å². The summed E-state index contributed by atoms with van der Waals surface area (Å²) in [6, 6.07) is 13.4. The summed E-state index contributed by atoms with van der Waals surface area (Å²) in [6.07, 6.45) is 5.35. The summed E-state index contributed by atoms with van der Waals surface area (Å²) in [6.45, 7) is 3.73. The zero-order chi connectivity index (χ0) is 24.4. The van der Waals surface area contributed by atoms with Crippen molar-refractivity contribution in [3.63, 3.8) is 0 Å². The fourth-order valence-electron chi connectivity index (χ4n) is 4.07. The van der Waals surface area contributed by atoms with E-state index < -0.39 is 0 Å². The Labute approximate surface area is 204 Å². The van der Waals surface area contributed by atoms with E-state index in [1.165, 1.54) is 0 Å². The Morgan fingerprint density at radius 2 is 1.77 bits per heavy atom. The number of aromatic nitrogens is 4. The van der Waals surface area contributed by atoms with Gasteiger partial charge in [0.15, 0.2) is 5.82 Å². The lowest BCUT2D eigenvalue weighted by atomic mass is 10.0. The van der Waals surface area contributed by atoms with Crippen LogP contribution in [-0.4, -0.2) is 78.3 Å². The Bertz CT molecular complexity index is 1360. The Balaban J connectivity index is 1.36. The molecule has 1 aliphatic heterocycles. The standard InChI is InChI=1S/C26H28N8O/c1-32(2)22-13-21(16-27-17-22)18-4-5-23-20(12-18)14-24(31-30-23)29-26(35)19-6-7-28-25(15-19)34-10-8-33(3)9-11-34/h4-7,12-17H,8-11H2,1-3H3,(H,29,31,35). The largest absolute Gasteiger partial charge is 0.376 e. The van der Waals surface area contributed by atoms with Crippen molar-refractivity contribution < 1.29 is 4.79 Å². The van der Waals surface area contributed by atoms with Gasteiger partial charge >= 0.3 is 0 Å². The van der Waals surface area contributed by atoms with Crippen LogP contribution in [0.1, 0.15) is 10.4 Å². The second kappa shape index (κ2) is 9.63. The minimum atomic E-state index is -0.240. The number of carbonyl (C=O) groups is 1. The molecular weight excluding hydrogens is 440 g/mol. The molecule has 1 aromatic carbocycles. The lowest BCUT2D eigenvalue weighted by molar-refractivity contribution is 0.102. The van der Waals surface area contributed by atoms with Crippen LogP contribution < -0.4 is 15.1 Å². The number of hydrogen-bond donors (Lipinski definition) is 1. The van der Waals surface area contributed by atoms with Gasteiger partial charge in [0, 0.05) is 69.2 Å². The maximum Gasteiger partial charge on any atom is 0.257 e. The maximum absolute atomic E-state index is 13.0. The Hall–Kier alpha value is -4.11. The fourth-order valence-corrected chi connectivity index (χ4v) is 4.07. The normalized spacial score (nSPS) is 14.2. The van der Waals surface area contributed by atoms with E-state index in [-0.39, 0.29) is 5.91 Å². The molecular formula is C26H28N8O. The van der Waals surface area contributed by atoms with E-state index in [1.54, 1.807) is 12.3 Å². The van der Waals surface area contributed by atoms with Crippen LogP contribution in [0.25, 0.3) is 22.0 Å². The van der Waals surface area contributed by atoms with E-state index in [9.17, 15) is 4.79 Å². The predicted octanol–water partition coefficient (Wildman–Crippen LogP) is 3.16. The van der Waals surface area contributed by atoms with Crippen LogP contribution in [0.4, 0.5) is 17.3 Å². The van der Waals surface area contributed by atoms with E-state index >= 15 is 0 Å². The van der Waals surface area contributed by atoms with Crippen LogP contribution >= 0.6 is 0 Å². The molecule has 1 amide bonds. The molecule has 0 spiro atoms. The van der Waals surface area contributed by atoms with E-state index in [2.05, 4.69) is 48.4 Å². The van der Waals surface area contributed by atoms with E-state index in [1.807, 2.05) is 61.7 Å². The van der Waals surface area contributed by atoms with Gasteiger partial charge < -0.3 is 20.0 Å². The molecule has 4 heterocycles. The quantitative estimate of drug-likeness (QED) is 0.478. The van der Waals surface area contributed by atoms with Crippen molar-refractivity contribution in [3.05, 3.63) is 66.6 Å². The van der Waals surface area contributed by atoms with Crippen molar-refractivity contribution in [1.29, 1.82) is 0 Å². The first-order valence-electron chi connectivity index (χ1n) is 11.6. The van der Waals surface area contributed by atoms with Gasteiger partial charge in [-0.2, -0.15) is 0 Å². The average Bonchev–Trinajstić information content (AvgIpc) is 2.89. The number of pyridine rings is 2. The molecule has 0 aliphatic carbocycles. The highest BCUT2D eigenvalue weighted by molar-refractivity contribution is 6.04. The van der Waals surface area contributed by atoms with Gasteiger partial charge in [0.05, 0.1) is 17.4 Å². The second-order valence-electron chi connectivity index (χ2n) is 8.98. The minimum Gasteiger partial charge on any atom is -0.376 e. The third-order valence-corrected chi connectivity index (χ3v) is 6.24. The molecule has 1 N–H and O–H groups in total.